The third-order valence-corrected chi connectivity index (χ3v) is 5.74. The number of aliphatic carboxylic acids is 1. The molecule has 3 N–H and O–H groups in total. The van der Waals surface area contributed by atoms with Gasteiger partial charge in [-0.15, -0.1) is 0 Å². The van der Waals surface area contributed by atoms with Crippen LogP contribution < -0.4 is 10.6 Å². The van der Waals surface area contributed by atoms with Crippen molar-refractivity contribution in [2.24, 2.45) is 5.92 Å². The molecule has 0 spiro atoms. The summed E-state index contributed by atoms with van der Waals surface area (Å²) in [6.45, 7) is 0. The van der Waals surface area contributed by atoms with Crippen LogP contribution in [0.1, 0.15) is 28.8 Å². The molecule has 2 aliphatic rings. The van der Waals surface area contributed by atoms with E-state index in [4.69, 9.17) is 0 Å². The number of carbonyl (C=O) groups is 4. The number of thioether (sulfide) groups is 1. The highest BCUT2D eigenvalue weighted by Crippen LogP contribution is 2.28. The lowest BCUT2D eigenvalue weighted by atomic mass is 9.96. The molecule has 1 aromatic carbocycles. The molecule has 2 aliphatic heterocycles. The van der Waals surface area contributed by atoms with E-state index in [1.165, 1.54) is 11.8 Å². The Balaban J connectivity index is 1.65. The smallest absolute Gasteiger partial charge is 0.330 e. The second-order valence-electron chi connectivity index (χ2n) is 6.36. The summed E-state index contributed by atoms with van der Waals surface area (Å²) in [5.41, 5.74) is 0.00640. The third-order valence-electron chi connectivity index (χ3n) is 4.55. The van der Waals surface area contributed by atoms with Crippen molar-refractivity contribution in [3.8, 4) is 0 Å². The molecular weight excluding hydrogens is 344 g/mol. The van der Waals surface area contributed by atoms with Gasteiger partial charge < -0.3 is 10.4 Å². The zero-order chi connectivity index (χ0) is 18.0. The first-order valence-electron chi connectivity index (χ1n) is 7.96. The lowest BCUT2D eigenvalue weighted by Crippen LogP contribution is -2.54. The number of hydrogen-bond acceptors (Lipinski definition) is 5. The number of nitrogens with one attached hydrogen (secondary N) is 2. The molecule has 3 amide bonds. The molecule has 2 unspecified atom stereocenters. The van der Waals surface area contributed by atoms with Crippen molar-refractivity contribution in [1.29, 1.82) is 0 Å². The SMILES string of the molecule is O=C1CC(Cc2ccc(C(=O)NC3(C(=O)O)CCSC3)cc2)C(=O)N1. The first-order chi connectivity index (χ1) is 11.9. The van der Waals surface area contributed by atoms with E-state index in [-0.39, 0.29) is 24.2 Å². The number of carbonyl (C=O) groups excluding carboxylic acids is 3. The molecule has 0 saturated carbocycles. The van der Waals surface area contributed by atoms with Crippen LogP contribution in [0.3, 0.4) is 0 Å². The summed E-state index contributed by atoms with van der Waals surface area (Å²) < 4.78 is 0. The van der Waals surface area contributed by atoms with Gasteiger partial charge in [0.1, 0.15) is 5.54 Å². The average molecular weight is 362 g/mol. The van der Waals surface area contributed by atoms with E-state index in [0.29, 0.717) is 29.9 Å². The molecule has 2 heterocycles. The van der Waals surface area contributed by atoms with E-state index in [1.54, 1.807) is 24.3 Å². The Kier molecular flexibility index (Phi) is 4.80. The van der Waals surface area contributed by atoms with Crippen LogP contribution >= 0.6 is 11.8 Å². The fourth-order valence-corrected chi connectivity index (χ4v) is 4.35. The summed E-state index contributed by atoms with van der Waals surface area (Å²) in [6, 6.07) is 6.66. The zero-order valence-electron chi connectivity index (χ0n) is 13.4. The van der Waals surface area contributed by atoms with Gasteiger partial charge in [0.15, 0.2) is 0 Å². The minimum Gasteiger partial charge on any atom is -0.479 e. The van der Waals surface area contributed by atoms with Crippen LogP contribution in [0.25, 0.3) is 0 Å². The van der Waals surface area contributed by atoms with E-state index < -0.39 is 17.4 Å². The van der Waals surface area contributed by atoms with E-state index in [1.807, 2.05) is 0 Å². The van der Waals surface area contributed by atoms with Crippen molar-refractivity contribution in [2.75, 3.05) is 11.5 Å². The molecule has 8 heteroatoms. The number of rotatable bonds is 5. The zero-order valence-corrected chi connectivity index (χ0v) is 14.2. The Morgan fingerprint density at radius 2 is 2.00 bits per heavy atom. The molecule has 0 radical (unpaired) electrons. The number of hydrogen-bond donors (Lipinski definition) is 3. The lowest BCUT2D eigenvalue weighted by molar-refractivity contribution is -0.143. The minimum atomic E-state index is -1.21. The summed E-state index contributed by atoms with van der Waals surface area (Å²) in [4.78, 5) is 46.7. The Hall–Kier alpha value is -2.35. The monoisotopic (exact) mass is 362 g/mol. The fraction of sp³-hybridized carbons (Fsp3) is 0.412. The van der Waals surface area contributed by atoms with Crippen molar-refractivity contribution in [2.45, 2.75) is 24.8 Å². The van der Waals surface area contributed by atoms with Gasteiger partial charge in [0, 0.05) is 17.7 Å². The second-order valence-corrected chi connectivity index (χ2v) is 7.46. The number of benzene rings is 1. The van der Waals surface area contributed by atoms with E-state index in [0.717, 1.165) is 5.56 Å². The summed E-state index contributed by atoms with van der Waals surface area (Å²) in [7, 11) is 0. The maximum Gasteiger partial charge on any atom is 0.330 e. The highest BCUT2D eigenvalue weighted by molar-refractivity contribution is 7.99. The van der Waals surface area contributed by atoms with Crippen LogP contribution in [-0.2, 0) is 20.8 Å². The summed E-state index contributed by atoms with van der Waals surface area (Å²) in [6.07, 6.45) is 1.01. The largest absolute Gasteiger partial charge is 0.479 e. The highest BCUT2D eigenvalue weighted by atomic mass is 32.2. The predicted molar refractivity (Wildman–Crippen MR) is 91.2 cm³/mol. The van der Waals surface area contributed by atoms with E-state index >= 15 is 0 Å². The average Bonchev–Trinajstić information content (AvgIpc) is 3.16. The Labute approximate surface area is 148 Å². The summed E-state index contributed by atoms with van der Waals surface area (Å²) in [5.74, 6) is -1.29. The molecule has 0 bridgehead atoms. The van der Waals surface area contributed by atoms with Gasteiger partial charge in [0.2, 0.25) is 11.8 Å². The maximum absolute atomic E-state index is 12.4. The molecule has 0 aliphatic carbocycles. The van der Waals surface area contributed by atoms with Crippen molar-refractivity contribution in [3.63, 3.8) is 0 Å². The highest BCUT2D eigenvalue weighted by Gasteiger charge is 2.43. The van der Waals surface area contributed by atoms with Crippen molar-refractivity contribution in [1.82, 2.24) is 10.6 Å². The molecular formula is C17H18N2O5S. The van der Waals surface area contributed by atoms with Crippen molar-refractivity contribution < 1.29 is 24.3 Å². The number of carboxylic acid groups (broad SMARTS) is 1. The van der Waals surface area contributed by atoms with E-state index in [2.05, 4.69) is 10.6 Å². The molecule has 25 heavy (non-hydrogen) atoms. The van der Waals surface area contributed by atoms with Crippen LogP contribution in [0, 0.1) is 5.92 Å². The van der Waals surface area contributed by atoms with Gasteiger partial charge in [-0.2, -0.15) is 11.8 Å². The normalized spacial score (nSPS) is 25.7. The molecule has 2 saturated heterocycles. The van der Waals surface area contributed by atoms with E-state index in [9.17, 15) is 24.3 Å². The third kappa shape index (κ3) is 3.68. The summed E-state index contributed by atoms with van der Waals surface area (Å²) >= 11 is 1.51. The van der Waals surface area contributed by atoms with Crippen LogP contribution in [0.5, 0.6) is 0 Å². The Bertz CT molecular complexity index is 725. The van der Waals surface area contributed by atoms with Gasteiger partial charge in [-0.05, 0) is 36.3 Å². The first-order valence-corrected chi connectivity index (χ1v) is 9.11. The van der Waals surface area contributed by atoms with Gasteiger partial charge in [0.25, 0.3) is 5.91 Å². The van der Waals surface area contributed by atoms with Gasteiger partial charge in [0.05, 0.1) is 5.92 Å². The lowest BCUT2D eigenvalue weighted by Gasteiger charge is -2.24. The van der Waals surface area contributed by atoms with Crippen molar-refractivity contribution in [3.05, 3.63) is 35.4 Å². The Morgan fingerprint density at radius 1 is 1.28 bits per heavy atom. The molecule has 2 atom stereocenters. The predicted octanol–water partition coefficient (Wildman–Crippen LogP) is 0.582. The quantitative estimate of drug-likeness (QED) is 0.661. The molecule has 132 valence electrons. The van der Waals surface area contributed by atoms with Crippen molar-refractivity contribution >= 4 is 35.5 Å². The molecule has 7 nitrogen and oxygen atoms in total. The number of carboxylic acids is 1. The topological polar surface area (TPSA) is 113 Å². The fourth-order valence-electron chi connectivity index (χ4n) is 3.02. The van der Waals surface area contributed by atoms with Gasteiger partial charge in [-0.25, -0.2) is 4.79 Å². The number of amides is 3. The minimum absolute atomic E-state index is 0.180. The maximum atomic E-state index is 12.4. The molecule has 3 rings (SSSR count). The molecule has 0 aromatic heterocycles. The Morgan fingerprint density at radius 3 is 2.52 bits per heavy atom. The van der Waals surface area contributed by atoms with Crippen LogP contribution in [0.2, 0.25) is 0 Å². The van der Waals surface area contributed by atoms with Gasteiger partial charge in [-0.1, -0.05) is 12.1 Å². The van der Waals surface area contributed by atoms with Gasteiger partial charge >= 0.3 is 5.97 Å². The van der Waals surface area contributed by atoms with Crippen LogP contribution in [0.15, 0.2) is 24.3 Å². The molecule has 2 fully saturated rings. The van der Waals surface area contributed by atoms with Crippen LogP contribution in [0.4, 0.5) is 0 Å². The summed E-state index contributed by atoms with van der Waals surface area (Å²) in [5, 5.41) is 14.3. The standard InChI is InChI=1S/C17H18N2O5S/c20-13-8-12(14(21)18-13)7-10-1-3-11(4-2-10)15(22)19-17(16(23)24)5-6-25-9-17/h1-4,12H,5-9H2,(H,19,22)(H,23,24)(H,18,20,21). The van der Waals surface area contributed by atoms with Crippen LogP contribution in [-0.4, -0.2) is 45.8 Å². The number of imide groups is 1. The second kappa shape index (κ2) is 6.87. The molecule has 1 aromatic rings. The van der Waals surface area contributed by atoms with Gasteiger partial charge in [-0.3, -0.25) is 19.7 Å². The first kappa shape index (κ1) is 17.5.